The highest BCUT2D eigenvalue weighted by Crippen LogP contribution is 2.30. The van der Waals surface area contributed by atoms with Crippen LogP contribution in [0.25, 0.3) is 39.4 Å². The maximum absolute atomic E-state index is 4.92. The molecule has 2 aromatic heterocycles. The highest BCUT2D eigenvalue weighted by Gasteiger charge is 2.19. The molecule has 4 nitrogen and oxygen atoms in total. The smallest absolute Gasteiger partial charge is 0.199 e. The van der Waals surface area contributed by atoms with Crippen molar-refractivity contribution in [2.24, 2.45) is 0 Å². The van der Waals surface area contributed by atoms with E-state index in [4.69, 9.17) is 15.0 Å². The summed E-state index contributed by atoms with van der Waals surface area (Å²) in [5.41, 5.74) is 7.85. The molecule has 5 aromatic rings. The zero-order valence-corrected chi connectivity index (χ0v) is 17.7. The number of hydrogen-bond acceptors (Lipinski definition) is 3. The largest absolute Gasteiger partial charge is 0.275 e. The van der Waals surface area contributed by atoms with Crippen molar-refractivity contribution in [1.82, 2.24) is 19.5 Å². The predicted octanol–water partition coefficient (Wildman–Crippen LogP) is 6.24. The Hall–Kier alpha value is -3.53. The molecule has 0 spiro atoms. The van der Waals surface area contributed by atoms with Crippen LogP contribution < -0.4 is 0 Å². The minimum atomic E-state index is 0.108. The summed E-state index contributed by atoms with van der Waals surface area (Å²) in [6, 6.07) is 25.0. The molecular weight excluding hydrogens is 368 g/mol. The lowest BCUT2D eigenvalue weighted by molar-refractivity contribution is 0.590. The highest BCUT2D eigenvalue weighted by atomic mass is 15.2. The first kappa shape index (κ1) is 18.5. The normalized spacial score (nSPS) is 12.0. The van der Waals surface area contributed by atoms with Crippen LogP contribution in [0, 0.1) is 6.92 Å². The van der Waals surface area contributed by atoms with Crippen molar-refractivity contribution in [3.8, 4) is 17.1 Å². The van der Waals surface area contributed by atoms with E-state index in [9.17, 15) is 0 Å². The number of hydrogen-bond donors (Lipinski definition) is 0. The van der Waals surface area contributed by atoms with Crippen molar-refractivity contribution in [3.05, 3.63) is 83.9 Å². The van der Waals surface area contributed by atoms with E-state index in [1.807, 2.05) is 24.3 Å². The number of imidazole rings is 1. The summed E-state index contributed by atoms with van der Waals surface area (Å²) in [6.07, 6.45) is 0. The Labute approximate surface area is 176 Å². The molecular formula is C26H24N4. The summed E-state index contributed by atoms with van der Waals surface area (Å²) in [4.78, 5) is 14.6. The average Bonchev–Trinajstić information content (AvgIpc) is 3.10. The summed E-state index contributed by atoms with van der Waals surface area (Å²) >= 11 is 0. The number of aryl methyl sites for hydroxylation is 1. The number of nitrogens with zero attached hydrogens (tertiary/aromatic N) is 4. The molecule has 5 rings (SSSR count). The minimum Gasteiger partial charge on any atom is -0.275 e. The molecule has 0 aliphatic rings. The molecule has 0 amide bonds. The molecule has 0 aliphatic heterocycles. The minimum absolute atomic E-state index is 0.108. The molecule has 0 aliphatic carbocycles. The van der Waals surface area contributed by atoms with Crippen LogP contribution in [0.5, 0.6) is 0 Å². The number of fused-ring (bicyclic) bond motifs is 2. The topological polar surface area (TPSA) is 43.6 Å². The Bertz CT molecular complexity index is 1360. The molecule has 30 heavy (non-hydrogen) atoms. The Morgan fingerprint density at radius 3 is 1.97 bits per heavy atom. The van der Waals surface area contributed by atoms with Gasteiger partial charge in [0, 0.05) is 11.3 Å². The lowest BCUT2D eigenvalue weighted by Gasteiger charge is -2.19. The Morgan fingerprint density at radius 2 is 1.33 bits per heavy atom. The monoisotopic (exact) mass is 392 g/mol. The van der Waals surface area contributed by atoms with Gasteiger partial charge in [-0.1, -0.05) is 74.9 Å². The van der Waals surface area contributed by atoms with E-state index >= 15 is 0 Å². The fraction of sp³-hybridized carbons (Fsp3) is 0.192. The molecule has 0 radical (unpaired) electrons. The van der Waals surface area contributed by atoms with E-state index in [0.717, 1.165) is 33.8 Å². The molecule has 0 N–H and O–H groups in total. The number of para-hydroxylation sites is 2. The van der Waals surface area contributed by atoms with Gasteiger partial charge in [-0.2, -0.15) is 0 Å². The first-order valence-corrected chi connectivity index (χ1v) is 10.2. The Morgan fingerprint density at radius 1 is 0.700 bits per heavy atom. The third-order valence-corrected chi connectivity index (χ3v) is 5.47. The Balaban J connectivity index is 1.78. The quantitative estimate of drug-likeness (QED) is 0.357. The first-order chi connectivity index (χ1) is 14.4. The van der Waals surface area contributed by atoms with Crippen LogP contribution in [-0.2, 0) is 5.41 Å². The molecule has 0 unspecified atom stereocenters. The molecule has 0 saturated heterocycles. The highest BCUT2D eigenvalue weighted by molar-refractivity contribution is 5.86. The Kier molecular flexibility index (Phi) is 4.17. The van der Waals surface area contributed by atoms with E-state index in [0.29, 0.717) is 5.65 Å². The van der Waals surface area contributed by atoms with Gasteiger partial charge in [0.25, 0.3) is 0 Å². The standard InChI is InChI=1S/C26H24N4/c1-17-9-15-20(16-10-17)30-24(18-11-13-19(14-12-18)26(2,3)4)29-23-25(30)28-22-8-6-5-7-21(22)27-23/h5-16H,1-4H3. The third kappa shape index (κ3) is 3.14. The molecule has 0 atom stereocenters. The van der Waals surface area contributed by atoms with Gasteiger partial charge in [-0.15, -0.1) is 0 Å². The van der Waals surface area contributed by atoms with Gasteiger partial charge >= 0.3 is 0 Å². The van der Waals surface area contributed by atoms with E-state index in [1.54, 1.807) is 0 Å². The second kappa shape index (κ2) is 6.77. The molecule has 148 valence electrons. The van der Waals surface area contributed by atoms with E-state index in [-0.39, 0.29) is 5.41 Å². The van der Waals surface area contributed by atoms with Gasteiger partial charge in [0.05, 0.1) is 11.0 Å². The number of benzene rings is 3. The van der Waals surface area contributed by atoms with Crippen LogP contribution in [0.1, 0.15) is 31.9 Å². The molecule has 0 saturated carbocycles. The van der Waals surface area contributed by atoms with Crippen molar-refractivity contribution in [1.29, 1.82) is 0 Å². The van der Waals surface area contributed by atoms with Gasteiger partial charge in [0.2, 0.25) is 0 Å². The zero-order chi connectivity index (χ0) is 20.9. The fourth-order valence-electron chi connectivity index (χ4n) is 3.71. The third-order valence-electron chi connectivity index (χ3n) is 5.47. The maximum Gasteiger partial charge on any atom is 0.199 e. The van der Waals surface area contributed by atoms with Gasteiger partial charge in [-0.25, -0.2) is 15.0 Å². The van der Waals surface area contributed by atoms with Crippen LogP contribution in [0.3, 0.4) is 0 Å². The van der Waals surface area contributed by atoms with Crippen molar-refractivity contribution in [3.63, 3.8) is 0 Å². The summed E-state index contributed by atoms with van der Waals surface area (Å²) in [7, 11) is 0. The predicted molar refractivity (Wildman–Crippen MR) is 123 cm³/mol. The zero-order valence-electron chi connectivity index (χ0n) is 17.7. The van der Waals surface area contributed by atoms with Crippen LogP contribution in [0.15, 0.2) is 72.8 Å². The van der Waals surface area contributed by atoms with Gasteiger partial charge < -0.3 is 0 Å². The van der Waals surface area contributed by atoms with Crippen LogP contribution in [0.4, 0.5) is 0 Å². The van der Waals surface area contributed by atoms with Crippen molar-refractivity contribution in [2.75, 3.05) is 0 Å². The SMILES string of the molecule is Cc1ccc(-n2c(-c3ccc(C(C)(C)C)cc3)nc3nc4ccccc4nc32)cc1. The van der Waals surface area contributed by atoms with Crippen LogP contribution >= 0.6 is 0 Å². The second-order valence-corrected chi connectivity index (χ2v) is 8.79. The molecule has 0 fully saturated rings. The van der Waals surface area contributed by atoms with E-state index in [2.05, 4.69) is 80.8 Å². The first-order valence-electron chi connectivity index (χ1n) is 10.2. The maximum atomic E-state index is 4.92. The summed E-state index contributed by atoms with van der Waals surface area (Å²) in [6.45, 7) is 8.77. The van der Waals surface area contributed by atoms with Crippen molar-refractivity contribution in [2.45, 2.75) is 33.1 Å². The molecule has 3 aromatic carbocycles. The number of aromatic nitrogens is 4. The van der Waals surface area contributed by atoms with Crippen molar-refractivity contribution < 1.29 is 0 Å². The lowest BCUT2D eigenvalue weighted by Crippen LogP contribution is -2.10. The van der Waals surface area contributed by atoms with E-state index < -0.39 is 0 Å². The average molecular weight is 393 g/mol. The molecule has 2 heterocycles. The van der Waals surface area contributed by atoms with Gasteiger partial charge in [-0.05, 0) is 42.2 Å². The summed E-state index contributed by atoms with van der Waals surface area (Å²) in [5.74, 6) is 0.851. The summed E-state index contributed by atoms with van der Waals surface area (Å²) < 4.78 is 2.11. The van der Waals surface area contributed by atoms with Crippen LogP contribution in [0.2, 0.25) is 0 Å². The molecule has 0 bridgehead atoms. The van der Waals surface area contributed by atoms with Gasteiger partial charge in [0.1, 0.15) is 5.82 Å². The lowest BCUT2D eigenvalue weighted by atomic mass is 9.87. The summed E-state index contributed by atoms with van der Waals surface area (Å²) in [5, 5.41) is 0. The van der Waals surface area contributed by atoms with Gasteiger partial charge in [0.15, 0.2) is 11.3 Å². The van der Waals surface area contributed by atoms with E-state index in [1.165, 1.54) is 11.1 Å². The van der Waals surface area contributed by atoms with Crippen molar-refractivity contribution >= 4 is 22.3 Å². The molecule has 4 heteroatoms. The van der Waals surface area contributed by atoms with Gasteiger partial charge in [-0.3, -0.25) is 4.57 Å². The number of rotatable bonds is 2. The fourth-order valence-corrected chi connectivity index (χ4v) is 3.71. The second-order valence-electron chi connectivity index (χ2n) is 8.79. The van der Waals surface area contributed by atoms with Crippen LogP contribution in [-0.4, -0.2) is 19.5 Å².